The first-order valence-corrected chi connectivity index (χ1v) is 5.43. The van der Waals surface area contributed by atoms with Gasteiger partial charge in [-0.2, -0.15) is 5.10 Å². The molecule has 0 aliphatic heterocycles. The number of hydrogen-bond acceptors (Lipinski definition) is 4. The Labute approximate surface area is 104 Å². The highest BCUT2D eigenvalue weighted by atomic mass is 79.9. The van der Waals surface area contributed by atoms with E-state index in [9.17, 15) is 9.59 Å². The molecule has 1 amide bonds. The molecular formula is C10H7BrN4O2. The molecule has 7 heteroatoms. The normalized spacial score (nSPS) is 9.94. The summed E-state index contributed by atoms with van der Waals surface area (Å²) in [5, 5.41) is 8.34. The van der Waals surface area contributed by atoms with Crippen molar-refractivity contribution in [2.24, 2.45) is 0 Å². The zero-order valence-electron chi connectivity index (χ0n) is 8.48. The molecule has 0 bridgehead atoms. The molecule has 0 saturated carbocycles. The SMILES string of the molecule is O=C(Nc1ccc(Br)cn1)c1ccc(=O)[nH]n1. The van der Waals surface area contributed by atoms with E-state index in [4.69, 9.17) is 0 Å². The van der Waals surface area contributed by atoms with E-state index in [1.54, 1.807) is 18.3 Å². The molecule has 2 aromatic rings. The minimum atomic E-state index is -0.434. The van der Waals surface area contributed by atoms with Gasteiger partial charge in [-0.3, -0.25) is 9.59 Å². The molecule has 0 saturated heterocycles. The van der Waals surface area contributed by atoms with E-state index in [1.807, 2.05) is 0 Å². The largest absolute Gasteiger partial charge is 0.305 e. The molecule has 0 aliphatic carbocycles. The molecule has 0 aliphatic rings. The van der Waals surface area contributed by atoms with Crippen molar-refractivity contribution in [1.82, 2.24) is 15.2 Å². The van der Waals surface area contributed by atoms with Crippen LogP contribution in [-0.4, -0.2) is 21.1 Å². The summed E-state index contributed by atoms with van der Waals surface area (Å²) in [4.78, 5) is 26.4. The number of nitrogens with zero attached hydrogens (tertiary/aromatic N) is 2. The van der Waals surface area contributed by atoms with Crippen molar-refractivity contribution in [3.05, 3.63) is 51.0 Å². The lowest BCUT2D eigenvalue weighted by molar-refractivity contribution is 0.102. The minimum Gasteiger partial charge on any atom is -0.305 e. The molecule has 2 aromatic heterocycles. The number of aromatic nitrogens is 3. The minimum absolute atomic E-state index is 0.120. The lowest BCUT2D eigenvalue weighted by Crippen LogP contribution is -2.17. The fourth-order valence-electron chi connectivity index (χ4n) is 1.10. The predicted molar refractivity (Wildman–Crippen MR) is 64.7 cm³/mol. The summed E-state index contributed by atoms with van der Waals surface area (Å²) in [6.45, 7) is 0. The molecule has 2 rings (SSSR count). The van der Waals surface area contributed by atoms with E-state index >= 15 is 0 Å². The summed E-state index contributed by atoms with van der Waals surface area (Å²) in [7, 11) is 0. The second kappa shape index (κ2) is 4.88. The molecule has 0 unspecified atom stereocenters. The molecule has 0 spiro atoms. The fraction of sp³-hybridized carbons (Fsp3) is 0. The maximum Gasteiger partial charge on any atom is 0.277 e. The maximum absolute atomic E-state index is 11.7. The first kappa shape index (κ1) is 11.5. The molecule has 0 aromatic carbocycles. The van der Waals surface area contributed by atoms with Gasteiger partial charge in [0.25, 0.3) is 11.5 Å². The Balaban J connectivity index is 2.14. The van der Waals surface area contributed by atoms with Crippen molar-refractivity contribution in [1.29, 1.82) is 0 Å². The van der Waals surface area contributed by atoms with Crippen LogP contribution in [0.5, 0.6) is 0 Å². The fourth-order valence-corrected chi connectivity index (χ4v) is 1.34. The van der Waals surface area contributed by atoms with Gasteiger partial charge in [0.2, 0.25) is 0 Å². The molecule has 0 fully saturated rings. The monoisotopic (exact) mass is 294 g/mol. The third kappa shape index (κ3) is 2.97. The number of pyridine rings is 1. The van der Waals surface area contributed by atoms with E-state index < -0.39 is 5.91 Å². The standard InChI is InChI=1S/C10H7BrN4O2/c11-6-1-3-8(12-5-6)13-10(17)7-2-4-9(16)15-14-7/h1-5H,(H,15,16)(H,12,13,17). The van der Waals surface area contributed by atoms with Crippen molar-refractivity contribution >= 4 is 27.7 Å². The summed E-state index contributed by atoms with van der Waals surface area (Å²) < 4.78 is 0.817. The van der Waals surface area contributed by atoms with Gasteiger partial charge in [-0.1, -0.05) is 0 Å². The van der Waals surface area contributed by atoms with E-state index in [-0.39, 0.29) is 11.3 Å². The Bertz CT molecular complexity index is 574. The maximum atomic E-state index is 11.7. The van der Waals surface area contributed by atoms with E-state index in [2.05, 4.69) is 36.4 Å². The van der Waals surface area contributed by atoms with Crippen LogP contribution in [0.15, 0.2) is 39.7 Å². The van der Waals surface area contributed by atoms with Crippen LogP contribution in [0.25, 0.3) is 0 Å². The van der Waals surface area contributed by atoms with Gasteiger partial charge in [-0.15, -0.1) is 0 Å². The summed E-state index contributed by atoms with van der Waals surface area (Å²) in [5.41, 5.74) is -0.238. The van der Waals surface area contributed by atoms with Crippen LogP contribution in [0.1, 0.15) is 10.5 Å². The average Bonchev–Trinajstić information content (AvgIpc) is 2.33. The number of carbonyl (C=O) groups excluding carboxylic acids is 1. The lowest BCUT2D eigenvalue weighted by Gasteiger charge is -2.02. The van der Waals surface area contributed by atoms with E-state index in [0.717, 1.165) is 4.47 Å². The van der Waals surface area contributed by atoms with E-state index in [1.165, 1.54) is 12.1 Å². The van der Waals surface area contributed by atoms with Crippen LogP contribution in [0.3, 0.4) is 0 Å². The predicted octanol–water partition coefficient (Wildman–Crippen LogP) is 1.18. The molecule has 86 valence electrons. The molecule has 0 radical (unpaired) electrons. The Hall–Kier alpha value is -2.02. The highest BCUT2D eigenvalue weighted by Crippen LogP contribution is 2.10. The van der Waals surface area contributed by atoms with Gasteiger partial charge in [0, 0.05) is 16.7 Å². The number of anilines is 1. The molecule has 0 atom stereocenters. The summed E-state index contributed by atoms with van der Waals surface area (Å²) >= 11 is 3.24. The second-order valence-electron chi connectivity index (χ2n) is 3.12. The van der Waals surface area contributed by atoms with Crippen LogP contribution in [-0.2, 0) is 0 Å². The summed E-state index contributed by atoms with van der Waals surface area (Å²) in [5.74, 6) is -0.0257. The Kier molecular flexibility index (Phi) is 3.29. The number of hydrogen-bond donors (Lipinski definition) is 2. The van der Waals surface area contributed by atoms with Crippen molar-refractivity contribution in [2.75, 3.05) is 5.32 Å². The van der Waals surface area contributed by atoms with Crippen LogP contribution < -0.4 is 10.9 Å². The van der Waals surface area contributed by atoms with Gasteiger partial charge in [0.1, 0.15) is 11.5 Å². The van der Waals surface area contributed by atoms with Crippen LogP contribution in [0.2, 0.25) is 0 Å². The van der Waals surface area contributed by atoms with Crippen molar-refractivity contribution in [3.8, 4) is 0 Å². The second-order valence-corrected chi connectivity index (χ2v) is 4.04. The van der Waals surface area contributed by atoms with Gasteiger partial charge < -0.3 is 5.32 Å². The zero-order chi connectivity index (χ0) is 12.3. The van der Waals surface area contributed by atoms with Crippen LogP contribution in [0.4, 0.5) is 5.82 Å². The van der Waals surface area contributed by atoms with Crippen molar-refractivity contribution in [2.45, 2.75) is 0 Å². The Morgan fingerprint density at radius 3 is 2.71 bits per heavy atom. The number of aromatic amines is 1. The smallest absolute Gasteiger partial charge is 0.277 e. The van der Waals surface area contributed by atoms with Gasteiger partial charge in [-0.25, -0.2) is 10.1 Å². The molecule has 17 heavy (non-hydrogen) atoms. The van der Waals surface area contributed by atoms with Gasteiger partial charge >= 0.3 is 0 Å². The average molecular weight is 295 g/mol. The number of rotatable bonds is 2. The number of halogens is 1. The van der Waals surface area contributed by atoms with Crippen LogP contribution >= 0.6 is 15.9 Å². The molecule has 2 N–H and O–H groups in total. The summed E-state index contributed by atoms with van der Waals surface area (Å²) in [6.07, 6.45) is 1.57. The number of H-pyrrole nitrogens is 1. The first-order valence-electron chi connectivity index (χ1n) is 4.64. The molecule has 6 nitrogen and oxygen atoms in total. The van der Waals surface area contributed by atoms with Crippen LogP contribution in [0, 0.1) is 0 Å². The van der Waals surface area contributed by atoms with E-state index in [0.29, 0.717) is 5.82 Å². The Morgan fingerprint density at radius 2 is 2.12 bits per heavy atom. The summed E-state index contributed by atoms with van der Waals surface area (Å²) in [6, 6.07) is 5.97. The molecular weight excluding hydrogens is 288 g/mol. The highest BCUT2D eigenvalue weighted by molar-refractivity contribution is 9.10. The lowest BCUT2D eigenvalue weighted by atomic mass is 10.3. The topological polar surface area (TPSA) is 87.7 Å². The van der Waals surface area contributed by atoms with Gasteiger partial charge in [0.05, 0.1) is 0 Å². The van der Waals surface area contributed by atoms with Crippen molar-refractivity contribution < 1.29 is 4.79 Å². The third-order valence-electron chi connectivity index (χ3n) is 1.88. The van der Waals surface area contributed by atoms with Crippen molar-refractivity contribution in [3.63, 3.8) is 0 Å². The molecule has 2 heterocycles. The Morgan fingerprint density at radius 1 is 1.29 bits per heavy atom. The number of carbonyl (C=O) groups is 1. The van der Waals surface area contributed by atoms with Gasteiger partial charge in [-0.05, 0) is 34.1 Å². The number of amides is 1. The number of nitrogens with one attached hydrogen (secondary N) is 2. The van der Waals surface area contributed by atoms with Gasteiger partial charge in [0.15, 0.2) is 0 Å². The highest BCUT2D eigenvalue weighted by Gasteiger charge is 2.07. The third-order valence-corrected chi connectivity index (χ3v) is 2.35. The zero-order valence-corrected chi connectivity index (χ0v) is 10.1. The first-order chi connectivity index (χ1) is 8.15. The quantitative estimate of drug-likeness (QED) is 0.871.